The highest BCUT2D eigenvalue weighted by molar-refractivity contribution is 6.00. The number of unbranched alkanes of at least 4 members (excludes halogenated alkanes) is 3. The Morgan fingerprint density at radius 2 is 1.65 bits per heavy atom. The van der Waals surface area contributed by atoms with Gasteiger partial charge in [0.1, 0.15) is 0 Å². The number of nitrogens with one attached hydrogen (secondary N) is 2. The van der Waals surface area contributed by atoms with Crippen LogP contribution in [0.25, 0.3) is 0 Å². The highest BCUT2D eigenvalue weighted by Gasteiger charge is 2.14. The second kappa shape index (κ2) is 12.0. The van der Waals surface area contributed by atoms with Gasteiger partial charge in [0.2, 0.25) is 5.91 Å². The SMILES string of the molecule is CCCCCCOc1ccc(C(=O)NCC(=O)Nc2c(C)cc(C)cc2C)cc1OC. The number of carbonyl (C=O) groups excluding carboxylic acids is 2. The summed E-state index contributed by atoms with van der Waals surface area (Å²) in [7, 11) is 1.54. The summed E-state index contributed by atoms with van der Waals surface area (Å²) in [5.74, 6) is 0.486. The summed E-state index contributed by atoms with van der Waals surface area (Å²) in [4.78, 5) is 24.8. The standard InChI is InChI=1S/C25H34N2O4/c1-6-7-8-9-12-31-21-11-10-20(15-22(21)30-5)25(29)26-16-23(28)27-24-18(3)13-17(2)14-19(24)4/h10-11,13-15H,6-9,12,16H2,1-5H3,(H,26,29)(H,27,28). The monoisotopic (exact) mass is 426 g/mol. The first-order chi connectivity index (χ1) is 14.8. The molecule has 31 heavy (non-hydrogen) atoms. The minimum atomic E-state index is -0.347. The average Bonchev–Trinajstić information content (AvgIpc) is 2.74. The van der Waals surface area contributed by atoms with E-state index in [1.165, 1.54) is 12.8 Å². The minimum absolute atomic E-state index is 0.121. The predicted molar refractivity (Wildman–Crippen MR) is 124 cm³/mol. The maximum Gasteiger partial charge on any atom is 0.251 e. The van der Waals surface area contributed by atoms with Gasteiger partial charge in [-0.1, -0.05) is 43.9 Å². The number of methoxy groups -OCH3 is 1. The molecule has 2 amide bonds. The second-order valence-corrected chi connectivity index (χ2v) is 7.78. The number of aryl methyl sites for hydroxylation is 3. The van der Waals surface area contributed by atoms with E-state index in [0.29, 0.717) is 23.7 Å². The Balaban J connectivity index is 1.92. The van der Waals surface area contributed by atoms with Crippen LogP contribution in [-0.2, 0) is 4.79 Å². The van der Waals surface area contributed by atoms with E-state index in [1.54, 1.807) is 25.3 Å². The third-order valence-electron chi connectivity index (χ3n) is 5.03. The Kier molecular flexibility index (Phi) is 9.38. The van der Waals surface area contributed by atoms with Crippen molar-refractivity contribution in [2.24, 2.45) is 0 Å². The summed E-state index contributed by atoms with van der Waals surface area (Å²) in [6, 6.07) is 9.06. The molecule has 0 radical (unpaired) electrons. The first-order valence-corrected chi connectivity index (χ1v) is 10.8. The Labute approximate surface area is 185 Å². The smallest absolute Gasteiger partial charge is 0.251 e. The van der Waals surface area contributed by atoms with Crippen LogP contribution >= 0.6 is 0 Å². The fourth-order valence-corrected chi connectivity index (χ4v) is 3.46. The Bertz CT molecular complexity index is 885. The van der Waals surface area contributed by atoms with Crippen LogP contribution in [0.4, 0.5) is 5.69 Å². The van der Waals surface area contributed by atoms with Crippen LogP contribution in [0.15, 0.2) is 30.3 Å². The van der Waals surface area contributed by atoms with Gasteiger partial charge in [-0.05, 0) is 56.5 Å². The lowest BCUT2D eigenvalue weighted by atomic mass is 10.1. The molecule has 0 aromatic heterocycles. The molecule has 0 aliphatic rings. The largest absolute Gasteiger partial charge is 0.493 e. The van der Waals surface area contributed by atoms with Gasteiger partial charge in [0.15, 0.2) is 11.5 Å². The van der Waals surface area contributed by atoms with Crippen LogP contribution in [0.5, 0.6) is 11.5 Å². The molecule has 0 saturated heterocycles. The van der Waals surface area contributed by atoms with Crippen molar-refractivity contribution in [2.75, 3.05) is 25.6 Å². The lowest BCUT2D eigenvalue weighted by molar-refractivity contribution is -0.115. The molecule has 6 heteroatoms. The summed E-state index contributed by atoms with van der Waals surface area (Å²) in [5.41, 5.74) is 4.32. The molecule has 2 aromatic carbocycles. The third-order valence-corrected chi connectivity index (χ3v) is 5.03. The van der Waals surface area contributed by atoms with Gasteiger partial charge < -0.3 is 20.1 Å². The molecule has 0 aliphatic heterocycles. The molecule has 2 N–H and O–H groups in total. The lowest BCUT2D eigenvalue weighted by Gasteiger charge is -2.14. The highest BCUT2D eigenvalue weighted by Crippen LogP contribution is 2.28. The van der Waals surface area contributed by atoms with Gasteiger partial charge in [0.05, 0.1) is 20.3 Å². The molecule has 0 fully saturated rings. The zero-order valence-electron chi connectivity index (χ0n) is 19.3. The van der Waals surface area contributed by atoms with E-state index in [4.69, 9.17) is 9.47 Å². The van der Waals surface area contributed by atoms with E-state index in [2.05, 4.69) is 17.6 Å². The maximum absolute atomic E-state index is 12.5. The molecule has 168 valence electrons. The van der Waals surface area contributed by atoms with Gasteiger partial charge in [0.25, 0.3) is 5.91 Å². The van der Waals surface area contributed by atoms with Crippen LogP contribution in [0.2, 0.25) is 0 Å². The molecule has 0 unspecified atom stereocenters. The number of hydrogen-bond donors (Lipinski definition) is 2. The number of amides is 2. The Morgan fingerprint density at radius 3 is 2.29 bits per heavy atom. The van der Waals surface area contributed by atoms with Gasteiger partial charge in [-0.3, -0.25) is 9.59 Å². The molecule has 0 heterocycles. The highest BCUT2D eigenvalue weighted by atomic mass is 16.5. The van der Waals surface area contributed by atoms with Crippen LogP contribution in [-0.4, -0.2) is 32.1 Å². The van der Waals surface area contributed by atoms with Crippen molar-refractivity contribution in [3.05, 3.63) is 52.6 Å². The van der Waals surface area contributed by atoms with Gasteiger partial charge in [0, 0.05) is 11.3 Å². The van der Waals surface area contributed by atoms with E-state index in [0.717, 1.165) is 35.2 Å². The first-order valence-electron chi connectivity index (χ1n) is 10.8. The van der Waals surface area contributed by atoms with Gasteiger partial charge >= 0.3 is 0 Å². The molecule has 2 rings (SSSR count). The molecule has 0 atom stereocenters. The zero-order chi connectivity index (χ0) is 22.8. The maximum atomic E-state index is 12.5. The summed E-state index contributed by atoms with van der Waals surface area (Å²) in [6.07, 6.45) is 4.48. The molecular formula is C25H34N2O4. The number of hydrogen-bond acceptors (Lipinski definition) is 4. The van der Waals surface area contributed by atoms with Gasteiger partial charge in [-0.15, -0.1) is 0 Å². The second-order valence-electron chi connectivity index (χ2n) is 7.78. The molecule has 0 spiro atoms. The van der Waals surface area contributed by atoms with Crippen molar-refractivity contribution >= 4 is 17.5 Å². The van der Waals surface area contributed by atoms with Crippen LogP contribution in [0.3, 0.4) is 0 Å². The topological polar surface area (TPSA) is 76.7 Å². The average molecular weight is 427 g/mol. The molecule has 6 nitrogen and oxygen atoms in total. The minimum Gasteiger partial charge on any atom is -0.493 e. The summed E-state index contributed by atoms with van der Waals surface area (Å²) in [6.45, 7) is 8.58. The van der Waals surface area contributed by atoms with E-state index in [9.17, 15) is 9.59 Å². The van der Waals surface area contributed by atoms with E-state index >= 15 is 0 Å². The molecule has 0 bridgehead atoms. The van der Waals surface area contributed by atoms with Crippen molar-refractivity contribution in [1.82, 2.24) is 5.32 Å². The third kappa shape index (κ3) is 7.31. The van der Waals surface area contributed by atoms with Crippen molar-refractivity contribution in [3.63, 3.8) is 0 Å². The van der Waals surface area contributed by atoms with Crippen molar-refractivity contribution in [3.8, 4) is 11.5 Å². The van der Waals surface area contributed by atoms with Crippen LogP contribution in [0.1, 0.15) is 59.7 Å². The number of carbonyl (C=O) groups is 2. The fraction of sp³-hybridized carbons (Fsp3) is 0.440. The van der Waals surface area contributed by atoms with Crippen molar-refractivity contribution < 1.29 is 19.1 Å². The number of rotatable bonds is 11. The van der Waals surface area contributed by atoms with Gasteiger partial charge in [-0.25, -0.2) is 0 Å². The lowest BCUT2D eigenvalue weighted by Crippen LogP contribution is -2.33. The zero-order valence-corrected chi connectivity index (χ0v) is 19.3. The summed E-state index contributed by atoms with van der Waals surface area (Å²) < 4.78 is 11.2. The molecule has 2 aromatic rings. The predicted octanol–water partition coefficient (Wildman–Crippen LogP) is 4.95. The van der Waals surface area contributed by atoms with E-state index in [-0.39, 0.29) is 18.4 Å². The first kappa shape index (κ1) is 24.3. The van der Waals surface area contributed by atoms with Crippen molar-refractivity contribution in [1.29, 1.82) is 0 Å². The fourth-order valence-electron chi connectivity index (χ4n) is 3.46. The Morgan fingerprint density at radius 1 is 0.935 bits per heavy atom. The van der Waals surface area contributed by atoms with Crippen LogP contribution < -0.4 is 20.1 Å². The van der Waals surface area contributed by atoms with Gasteiger partial charge in [-0.2, -0.15) is 0 Å². The number of anilines is 1. The molecular weight excluding hydrogens is 392 g/mol. The Hall–Kier alpha value is -3.02. The van der Waals surface area contributed by atoms with Crippen LogP contribution in [0, 0.1) is 20.8 Å². The van der Waals surface area contributed by atoms with E-state index in [1.807, 2.05) is 32.9 Å². The normalized spacial score (nSPS) is 10.5. The molecule has 0 aliphatic carbocycles. The van der Waals surface area contributed by atoms with E-state index < -0.39 is 0 Å². The number of ether oxygens (including phenoxy) is 2. The number of benzene rings is 2. The molecule has 0 saturated carbocycles. The quantitative estimate of drug-likeness (QED) is 0.499. The summed E-state index contributed by atoms with van der Waals surface area (Å²) >= 11 is 0. The van der Waals surface area contributed by atoms with Crippen molar-refractivity contribution in [2.45, 2.75) is 53.4 Å². The summed E-state index contributed by atoms with van der Waals surface area (Å²) in [5, 5.41) is 5.54.